The van der Waals surface area contributed by atoms with Gasteiger partial charge in [0.05, 0.1) is 24.4 Å². The van der Waals surface area contributed by atoms with Crippen LogP contribution >= 0.6 is 0 Å². The summed E-state index contributed by atoms with van der Waals surface area (Å²) in [5, 5.41) is 27.8. The summed E-state index contributed by atoms with van der Waals surface area (Å²) < 4.78 is 18.8. The number of para-hydroxylation sites is 1. The minimum absolute atomic E-state index is 0.0140. The Hall–Kier alpha value is -2.45. The van der Waals surface area contributed by atoms with Crippen LogP contribution in [0.3, 0.4) is 0 Å². The van der Waals surface area contributed by atoms with Gasteiger partial charge in [-0.05, 0) is 24.6 Å². The van der Waals surface area contributed by atoms with Gasteiger partial charge in [0.25, 0.3) is 5.91 Å². The Kier molecular flexibility index (Phi) is 5.88. The van der Waals surface area contributed by atoms with Gasteiger partial charge in [-0.25, -0.2) is 4.39 Å². The summed E-state index contributed by atoms with van der Waals surface area (Å²) in [7, 11) is 0. The standard InChI is InChI=1S/C16H20FN3O4/c1-2-16(9-21,10-22)18-15(23)13-7-11(19-20-13)8-24-14-6-4-3-5-12(14)17/h3-7,21-22H,2,8-10H2,1H3,(H,18,23)(H,19,20). The third-order valence-electron chi connectivity index (χ3n) is 3.74. The smallest absolute Gasteiger partial charge is 0.272 e. The second-order valence-corrected chi connectivity index (χ2v) is 5.40. The minimum Gasteiger partial charge on any atom is -0.484 e. The lowest BCUT2D eigenvalue weighted by Gasteiger charge is -2.29. The number of aromatic nitrogens is 2. The van der Waals surface area contributed by atoms with Crippen LogP contribution in [-0.2, 0) is 6.61 Å². The van der Waals surface area contributed by atoms with Crippen LogP contribution in [0.25, 0.3) is 0 Å². The second kappa shape index (κ2) is 7.89. The number of carbonyl (C=O) groups excluding carboxylic acids is 1. The van der Waals surface area contributed by atoms with E-state index in [1.807, 2.05) is 0 Å². The molecule has 1 aromatic carbocycles. The largest absolute Gasteiger partial charge is 0.484 e. The van der Waals surface area contributed by atoms with Crippen LogP contribution < -0.4 is 10.1 Å². The Morgan fingerprint density at radius 1 is 1.38 bits per heavy atom. The molecule has 24 heavy (non-hydrogen) atoms. The molecule has 0 unspecified atom stereocenters. The highest BCUT2D eigenvalue weighted by Crippen LogP contribution is 2.17. The number of H-pyrrole nitrogens is 1. The molecule has 7 nitrogen and oxygen atoms in total. The molecule has 2 aromatic rings. The number of aliphatic hydroxyl groups is 2. The number of halogens is 1. The van der Waals surface area contributed by atoms with Gasteiger partial charge >= 0.3 is 0 Å². The Morgan fingerprint density at radius 2 is 2.08 bits per heavy atom. The van der Waals surface area contributed by atoms with Gasteiger partial charge in [-0.15, -0.1) is 0 Å². The number of benzene rings is 1. The van der Waals surface area contributed by atoms with E-state index in [4.69, 9.17) is 4.74 Å². The first-order valence-corrected chi connectivity index (χ1v) is 7.49. The van der Waals surface area contributed by atoms with E-state index in [1.165, 1.54) is 18.2 Å². The number of aliphatic hydroxyl groups excluding tert-OH is 2. The van der Waals surface area contributed by atoms with Crippen LogP contribution in [0, 0.1) is 5.82 Å². The fraction of sp³-hybridized carbons (Fsp3) is 0.375. The highest BCUT2D eigenvalue weighted by Gasteiger charge is 2.29. The zero-order chi connectivity index (χ0) is 17.6. The van der Waals surface area contributed by atoms with Gasteiger partial charge < -0.3 is 20.3 Å². The Balaban J connectivity index is 2.00. The van der Waals surface area contributed by atoms with Crippen molar-refractivity contribution in [3.8, 4) is 5.75 Å². The summed E-state index contributed by atoms with van der Waals surface area (Å²) in [5.74, 6) is -0.911. The maximum absolute atomic E-state index is 13.5. The molecule has 0 bridgehead atoms. The van der Waals surface area contributed by atoms with Crippen LogP contribution in [0.15, 0.2) is 30.3 Å². The average Bonchev–Trinajstić information content (AvgIpc) is 3.08. The Bertz CT molecular complexity index is 677. The van der Waals surface area contributed by atoms with E-state index in [9.17, 15) is 19.4 Å². The summed E-state index contributed by atoms with van der Waals surface area (Å²) in [6.45, 7) is 0.976. The first-order chi connectivity index (χ1) is 11.5. The molecule has 1 aromatic heterocycles. The molecular formula is C16H20FN3O4. The summed E-state index contributed by atoms with van der Waals surface area (Å²) in [5.41, 5.74) is -0.528. The van der Waals surface area contributed by atoms with E-state index in [-0.39, 0.29) is 31.3 Å². The highest BCUT2D eigenvalue weighted by molar-refractivity contribution is 5.92. The van der Waals surface area contributed by atoms with Crippen LogP contribution in [0.4, 0.5) is 4.39 Å². The zero-order valence-electron chi connectivity index (χ0n) is 13.3. The van der Waals surface area contributed by atoms with E-state index < -0.39 is 17.3 Å². The molecular weight excluding hydrogens is 317 g/mol. The normalized spacial score (nSPS) is 11.3. The molecule has 8 heteroatoms. The third kappa shape index (κ3) is 4.09. The number of amides is 1. The SMILES string of the molecule is CCC(CO)(CO)NC(=O)c1cc(COc2ccccc2F)[nH]n1. The van der Waals surface area contributed by atoms with Crippen LogP contribution in [0.5, 0.6) is 5.75 Å². The van der Waals surface area contributed by atoms with E-state index in [1.54, 1.807) is 19.1 Å². The van der Waals surface area contributed by atoms with E-state index in [0.717, 1.165) is 0 Å². The second-order valence-electron chi connectivity index (χ2n) is 5.40. The molecule has 0 aliphatic rings. The quantitative estimate of drug-likeness (QED) is 0.575. The van der Waals surface area contributed by atoms with Gasteiger partial charge in [-0.1, -0.05) is 19.1 Å². The van der Waals surface area contributed by atoms with E-state index in [0.29, 0.717) is 12.1 Å². The molecule has 0 spiro atoms. The van der Waals surface area contributed by atoms with Crippen molar-refractivity contribution in [3.63, 3.8) is 0 Å². The molecule has 1 heterocycles. The number of ether oxygens (including phenoxy) is 1. The molecule has 130 valence electrons. The predicted molar refractivity (Wildman–Crippen MR) is 84.0 cm³/mol. The fourth-order valence-corrected chi connectivity index (χ4v) is 2.02. The molecule has 0 atom stereocenters. The van der Waals surface area contributed by atoms with Gasteiger partial charge in [-0.3, -0.25) is 9.89 Å². The summed E-state index contributed by atoms with van der Waals surface area (Å²) in [6, 6.07) is 7.46. The number of rotatable bonds is 8. The monoisotopic (exact) mass is 337 g/mol. The van der Waals surface area contributed by atoms with Gasteiger partial charge in [-0.2, -0.15) is 5.10 Å². The summed E-state index contributed by atoms with van der Waals surface area (Å²) in [6.07, 6.45) is 0.361. The summed E-state index contributed by atoms with van der Waals surface area (Å²) in [4.78, 5) is 12.2. The number of hydrogen-bond acceptors (Lipinski definition) is 5. The van der Waals surface area contributed by atoms with E-state index >= 15 is 0 Å². The number of nitrogens with zero attached hydrogens (tertiary/aromatic N) is 1. The molecule has 0 saturated carbocycles. The van der Waals surface area contributed by atoms with Crippen molar-refractivity contribution in [2.75, 3.05) is 13.2 Å². The van der Waals surface area contributed by atoms with E-state index in [2.05, 4.69) is 15.5 Å². The first kappa shape index (κ1) is 17.9. The maximum Gasteiger partial charge on any atom is 0.272 e. The number of carbonyl (C=O) groups is 1. The van der Waals surface area contributed by atoms with Gasteiger partial charge in [0.15, 0.2) is 11.6 Å². The molecule has 0 radical (unpaired) electrons. The fourth-order valence-electron chi connectivity index (χ4n) is 2.02. The molecule has 0 fully saturated rings. The molecule has 1 amide bonds. The average molecular weight is 337 g/mol. The maximum atomic E-state index is 13.5. The molecule has 0 aliphatic carbocycles. The molecule has 0 saturated heterocycles. The van der Waals surface area contributed by atoms with Crippen molar-refractivity contribution < 1.29 is 24.1 Å². The Morgan fingerprint density at radius 3 is 2.71 bits per heavy atom. The van der Waals surface area contributed by atoms with Crippen molar-refractivity contribution in [3.05, 3.63) is 47.5 Å². The molecule has 4 N–H and O–H groups in total. The lowest BCUT2D eigenvalue weighted by Crippen LogP contribution is -2.53. The topological polar surface area (TPSA) is 107 Å². The lowest BCUT2D eigenvalue weighted by atomic mass is 9.98. The van der Waals surface area contributed by atoms with Crippen LogP contribution in [0.2, 0.25) is 0 Å². The number of aromatic amines is 1. The number of hydrogen-bond donors (Lipinski definition) is 4. The van der Waals surface area contributed by atoms with Crippen LogP contribution in [0.1, 0.15) is 29.5 Å². The van der Waals surface area contributed by atoms with Gasteiger partial charge in [0.1, 0.15) is 12.3 Å². The molecule has 2 rings (SSSR count). The summed E-state index contributed by atoms with van der Waals surface area (Å²) >= 11 is 0. The zero-order valence-corrected chi connectivity index (χ0v) is 13.3. The predicted octanol–water partition coefficient (Wildman–Crippen LogP) is 0.991. The van der Waals surface area contributed by atoms with Crippen molar-refractivity contribution in [2.24, 2.45) is 0 Å². The van der Waals surface area contributed by atoms with Gasteiger partial charge in [0.2, 0.25) is 0 Å². The van der Waals surface area contributed by atoms with Crippen LogP contribution in [-0.4, -0.2) is 45.1 Å². The molecule has 0 aliphatic heterocycles. The van der Waals surface area contributed by atoms with Crippen molar-refractivity contribution >= 4 is 5.91 Å². The Labute approximate surface area is 138 Å². The minimum atomic E-state index is -1.10. The van der Waals surface area contributed by atoms with Crippen molar-refractivity contribution in [1.82, 2.24) is 15.5 Å². The van der Waals surface area contributed by atoms with Crippen molar-refractivity contribution in [2.45, 2.75) is 25.5 Å². The number of nitrogens with one attached hydrogen (secondary N) is 2. The first-order valence-electron chi connectivity index (χ1n) is 7.49. The van der Waals surface area contributed by atoms with Gasteiger partial charge in [0, 0.05) is 0 Å². The van der Waals surface area contributed by atoms with Crippen molar-refractivity contribution in [1.29, 1.82) is 0 Å². The lowest BCUT2D eigenvalue weighted by molar-refractivity contribution is 0.0649. The third-order valence-corrected chi connectivity index (χ3v) is 3.74. The highest BCUT2D eigenvalue weighted by atomic mass is 19.1.